The van der Waals surface area contributed by atoms with Crippen LogP contribution in [-0.4, -0.2) is 60.3 Å². The van der Waals surface area contributed by atoms with Crippen LogP contribution < -0.4 is 0 Å². The van der Waals surface area contributed by atoms with Crippen molar-refractivity contribution in [3.05, 3.63) is 12.7 Å². The predicted molar refractivity (Wildman–Crippen MR) is 59.4 cm³/mol. The van der Waals surface area contributed by atoms with E-state index in [0.29, 0.717) is 12.1 Å². The Morgan fingerprint density at radius 2 is 2.21 bits per heavy atom. The van der Waals surface area contributed by atoms with Crippen LogP contribution in [0.4, 0.5) is 0 Å². The third-order valence-electron chi connectivity index (χ3n) is 2.94. The Labute approximate surface area is 87.0 Å². The quantitative estimate of drug-likeness (QED) is 0.669. The monoisotopic (exact) mass is 198 g/mol. The topological polar surface area (TPSA) is 26.7 Å². The molecule has 14 heavy (non-hydrogen) atoms. The van der Waals surface area contributed by atoms with Crippen LogP contribution in [0.3, 0.4) is 0 Å². The molecule has 82 valence electrons. The molecule has 0 aromatic rings. The van der Waals surface area contributed by atoms with E-state index in [9.17, 15) is 0 Å². The van der Waals surface area contributed by atoms with Crippen LogP contribution in [0.1, 0.15) is 13.3 Å². The summed E-state index contributed by atoms with van der Waals surface area (Å²) in [6.07, 6.45) is 2.81. The zero-order valence-electron chi connectivity index (χ0n) is 9.32. The van der Waals surface area contributed by atoms with Crippen molar-refractivity contribution in [2.75, 3.05) is 33.3 Å². The highest BCUT2D eigenvalue weighted by Gasteiger charge is 2.28. The first-order chi connectivity index (χ1) is 6.69. The van der Waals surface area contributed by atoms with Crippen molar-refractivity contribution in [1.82, 2.24) is 9.80 Å². The Morgan fingerprint density at radius 3 is 2.79 bits per heavy atom. The lowest BCUT2D eigenvalue weighted by atomic mass is 10.0. The molecule has 0 amide bonds. The van der Waals surface area contributed by atoms with Crippen molar-refractivity contribution in [3.8, 4) is 0 Å². The summed E-state index contributed by atoms with van der Waals surface area (Å²) in [6.45, 7) is 9.39. The molecule has 1 heterocycles. The predicted octanol–water partition coefficient (Wildman–Crippen LogP) is 0.559. The highest BCUT2D eigenvalue weighted by atomic mass is 16.3. The number of aliphatic hydroxyl groups is 1. The molecule has 1 aliphatic rings. The zero-order valence-corrected chi connectivity index (χ0v) is 9.32. The van der Waals surface area contributed by atoms with Gasteiger partial charge in [0.25, 0.3) is 0 Å². The summed E-state index contributed by atoms with van der Waals surface area (Å²) in [7, 11) is 2.14. The Morgan fingerprint density at radius 1 is 1.50 bits per heavy atom. The van der Waals surface area contributed by atoms with Gasteiger partial charge in [0, 0.05) is 38.3 Å². The van der Waals surface area contributed by atoms with Crippen molar-refractivity contribution in [3.63, 3.8) is 0 Å². The molecule has 1 saturated heterocycles. The van der Waals surface area contributed by atoms with E-state index in [2.05, 4.69) is 30.4 Å². The molecule has 0 aliphatic carbocycles. The number of hydrogen-bond donors (Lipinski definition) is 1. The summed E-state index contributed by atoms with van der Waals surface area (Å²) in [6, 6.07) is 1.04. The van der Waals surface area contributed by atoms with E-state index in [1.54, 1.807) is 0 Å². The molecule has 0 aromatic heterocycles. The number of nitrogens with zero attached hydrogens (tertiary/aromatic N) is 2. The standard InChI is InChI=1S/C11H22N2O/c1-4-6-13-10(2)8-12(3)9-11(13)5-7-14/h4,10-11,14H,1,5-9H2,2-3H3. The Kier molecular flexibility index (Phi) is 4.58. The molecule has 3 heteroatoms. The molecular weight excluding hydrogens is 176 g/mol. The second-order valence-corrected chi connectivity index (χ2v) is 4.22. The molecule has 0 radical (unpaired) electrons. The van der Waals surface area contributed by atoms with Crippen molar-refractivity contribution in [2.45, 2.75) is 25.4 Å². The summed E-state index contributed by atoms with van der Waals surface area (Å²) in [5.74, 6) is 0. The lowest BCUT2D eigenvalue weighted by molar-refractivity contribution is 0.0405. The Bertz CT molecular complexity index is 184. The Hall–Kier alpha value is -0.380. The van der Waals surface area contributed by atoms with E-state index in [0.717, 1.165) is 26.1 Å². The molecule has 1 rings (SSSR count). The van der Waals surface area contributed by atoms with Gasteiger partial charge in [-0.3, -0.25) is 4.90 Å². The third-order valence-corrected chi connectivity index (χ3v) is 2.94. The lowest BCUT2D eigenvalue weighted by Gasteiger charge is -2.44. The summed E-state index contributed by atoms with van der Waals surface area (Å²) < 4.78 is 0. The van der Waals surface area contributed by atoms with Gasteiger partial charge in [-0.25, -0.2) is 0 Å². The second-order valence-electron chi connectivity index (χ2n) is 4.22. The van der Waals surface area contributed by atoms with Gasteiger partial charge in [0.05, 0.1) is 0 Å². The van der Waals surface area contributed by atoms with E-state index in [-0.39, 0.29) is 6.61 Å². The maximum Gasteiger partial charge on any atom is 0.0446 e. The van der Waals surface area contributed by atoms with Crippen molar-refractivity contribution >= 4 is 0 Å². The first kappa shape index (κ1) is 11.7. The van der Waals surface area contributed by atoms with Crippen LogP contribution in [0.5, 0.6) is 0 Å². The maximum atomic E-state index is 9.01. The van der Waals surface area contributed by atoms with Crippen LogP contribution in [-0.2, 0) is 0 Å². The smallest absolute Gasteiger partial charge is 0.0446 e. The first-order valence-electron chi connectivity index (χ1n) is 5.35. The Balaban J connectivity index is 2.59. The normalized spacial score (nSPS) is 30.5. The number of hydrogen-bond acceptors (Lipinski definition) is 3. The molecule has 2 unspecified atom stereocenters. The molecule has 3 nitrogen and oxygen atoms in total. The van der Waals surface area contributed by atoms with E-state index in [4.69, 9.17) is 5.11 Å². The minimum absolute atomic E-state index is 0.277. The van der Waals surface area contributed by atoms with Gasteiger partial charge in [0.1, 0.15) is 0 Å². The van der Waals surface area contributed by atoms with Gasteiger partial charge < -0.3 is 10.0 Å². The average molecular weight is 198 g/mol. The molecule has 2 atom stereocenters. The van der Waals surface area contributed by atoms with Gasteiger partial charge in [-0.2, -0.15) is 0 Å². The fourth-order valence-corrected chi connectivity index (χ4v) is 2.34. The van der Waals surface area contributed by atoms with E-state index >= 15 is 0 Å². The van der Waals surface area contributed by atoms with Crippen LogP contribution in [0, 0.1) is 0 Å². The largest absolute Gasteiger partial charge is 0.396 e. The second kappa shape index (κ2) is 5.49. The molecule has 1 aliphatic heterocycles. The number of piperazine rings is 1. The minimum Gasteiger partial charge on any atom is -0.396 e. The van der Waals surface area contributed by atoms with Crippen LogP contribution in [0.25, 0.3) is 0 Å². The lowest BCUT2D eigenvalue weighted by Crippen LogP contribution is -2.56. The molecule has 0 aromatic carbocycles. The van der Waals surface area contributed by atoms with Crippen molar-refractivity contribution in [2.24, 2.45) is 0 Å². The van der Waals surface area contributed by atoms with Crippen molar-refractivity contribution in [1.29, 1.82) is 0 Å². The van der Waals surface area contributed by atoms with Crippen LogP contribution >= 0.6 is 0 Å². The van der Waals surface area contributed by atoms with E-state index in [1.165, 1.54) is 0 Å². The molecule has 0 saturated carbocycles. The third kappa shape index (κ3) is 2.80. The highest BCUT2D eigenvalue weighted by Crippen LogP contribution is 2.16. The van der Waals surface area contributed by atoms with Gasteiger partial charge in [0.2, 0.25) is 0 Å². The number of aliphatic hydroxyl groups excluding tert-OH is 1. The first-order valence-corrected chi connectivity index (χ1v) is 5.35. The van der Waals surface area contributed by atoms with Gasteiger partial charge in [-0.05, 0) is 20.4 Å². The maximum absolute atomic E-state index is 9.01. The van der Waals surface area contributed by atoms with Crippen LogP contribution in [0.2, 0.25) is 0 Å². The minimum atomic E-state index is 0.277. The molecular formula is C11H22N2O. The van der Waals surface area contributed by atoms with E-state index in [1.807, 2.05) is 6.08 Å². The molecule has 1 N–H and O–H groups in total. The fraction of sp³-hybridized carbons (Fsp3) is 0.818. The fourth-order valence-electron chi connectivity index (χ4n) is 2.34. The van der Waals surface area contributed by atoms with E-state index < -0.39 is 0 Å². The number of likely N-dealkylation sites (N-methyl/N-ethyl adjacent to an activating group) is 1. The van der Waals surface area contributed by atoms with Gasteiger partial charge in [-0.15, -0.1) is 6.58 Å². The van der Waals surface area contributed by atoms with Gasteiger partial charge >= 0.3 is 0 Å². The summed E-state index contributed by atoms with van der Waals surface area (Å²) in [4.78, 5) is 4.77. The van der Waals surface area contributed by atoms with Gasteiger partial charge in [-0.1, -0.05) is 6.08 Å². The summed E-state index contributed by atoms with van der Waals surface area (Å²) in [5.41, 5.74) is 0. The summed E-state index contributed by atoms with van der Waals surface area (Å²) in [5, 5.41) is 9.01. The molecule has 0 spiro atoms. The SMILES string of the molecule is C=CCN1C(C)CN(C)CC1CCO. The van der Waals surface area contributed by atoms with Gasteiger partial charge in [0.15, 0.2) is 0 Å². The number of rotatable bonds is 4. The van der Waals surface area contributed by atoms with Crippen LogP contribution in [0.15, 0.2) is 12.7 Å². The summed E-state index contributed by atoms with van der Waals surface area (Å²) >= 11 is 0. The van der Waals surface area contributed by atoms with Crippen molar-refractivity contribution < 1.29 is 5.11 Å². The zero-order chi connectivity index (χ0) is 10.6. The molecule has 0 bridgehead atoms. The highest BCUT2D eigenvalue weighted by molar-refractivity contribution is 4.89. The molecule has 1 fully saturated rings. The average Bonchev–Trinajstić information content (AvgIpc) is 2.11.